The predicted molar refractivity (Wildman–Crippen MR) is 79.8 cm³/mol. The van der Waals surface area contributed by atoms with Gasteiger partial charge in [-0.15, -0.1) is 11.3 Å². The highest BCUT2D eigenvalue weighted by Crippen LogP contribution is 2.46. The van der Waals surface area contributed by atoms with Crippen molar-refractivity contribution in [3.8, 4) is 10.4 Å². The first-order valence-electron chi connectivity index (χ1n) is 6.66. The lowest BCUT2D eigenvalue weighted by Gasteiger charge is -2.23. The van der Waals surface area contributed by atoms with Crippen molar-refractivity contribution in [2.75, 3.05) is 6.26 Å². The minimum Gasteiger partial charge on any atom is -0.223 e. The van der Waals surface area contributed by atoms with Crippen molar-refractivity contribution in [2.24, 2.45) is 0 Å². The number of halogens is 3. The molecule has 0 radical (unpaired) electrons. The van der Waals surface area contributed by atoms with Crippen LogP contribution in [0.3, 0.4) is 0 Å². The third-order valence-corrected chi connectivity index (χ3v) is 6.88. The van der Waals surface area contributed by atoms with E-state index < -0.39 is 28.0 Å². The van der Waals surface area contributed by atoms with Gasteiger partial charge in [0.2, 0.25) is 0 Å². The Kier molecular flexibility index (Phi) is 3.60. The largest absolute Gasteiger partial charge is 0.252 e. The van der Waals surface area contributed by atoms with Crippen molar-refractivity contribution in [3.63, 3.8) is 0 Å². The molecule has 0 amide bonds. The van der Waals surface area contributed by atoms with Gasteiger partial charge in [-0.25, -0.2) is 21.6 Å². The fraction of sp³-hybridized carbons (Fsp3) is 0.333. The molecule has 0 saturated heterocycles. The van der Waals surface area contributed by atoms with E-state index >= 15 is 0 Å². The van der Waals surface area contributed by atoms with Crippen molar-refractivity contribution in [3.05, 3.63) is 41.2 Å². The second kappa shape index (κ2) is 5.09. The van der Waals surface area contributed by atoms with Gasteiger partial charge in [-0.1, -0.05) is 12.1 Å². The first-order chi connectivity index (χ1) is 10.2. The molecule has 0 N–H and O–H groups in total. The molecule has 22 heavy (non-hydrogen) atoms. The average molecular weight is 346 g/mol. The summed E-state index contributed by atoms with van der Waals surface area (Å²) in [6.45, 7) is 0. The van der Waals surface area contributed by atoms with Crippen LogP contribution < -0.4 is 0 Å². The Labute approximate surface area is 130 Å². The molecular formula is C15H13F3O2S2. The summed E-state index contributed by atoms with van der Waals surface area (Å²) < 4.78 is 64.6. The summed E-state index contributed by atoms with van der Waals surface area (Å²) in [6, 6.07) is 5.77. The van der Waals surface area contributed by atoms with Gasteiger partial charge < -0.3 is 0 Å². The van der Waals surface area contributed by atoms with Gasteiger partial charge in [-0.3, -0.25) is 0 Å². The molecule has 1 aliphatic rings. The van der Waals surface area contributed by atoms with Gasteiger partial charge in [-0.05, 0) is 35.2 Å². The molecule has 118 valence electrons. The summed E-state index contributed by atoms with van der Waals surface area (Å²) in [6.07, 6.45) is 0.222. The van der Waals surface area contributed by atoms with Crippen LogP contribution in [0.5, 0.6) is 0 Å². The summed E-state index contributed by atoms with van der Waals surface area (Å²) in [4.78, 5) is 0.574. The van der Waals surface area contributed by atoms with Crippen LogP contribution in [0.25, 0.3) is 10.4 Å². The number of alkyl halides is 2. The zero-order valence-electron chi connectivity index (χ0n) is 11.7. The fourth-order valence-corrected chi connectivity index (χ4v) is 5.33. The second-order valence-corrected chi connectivity index (χ2v) is 8.72. The van der Waals surface area contributed by atoms with Gasteiger partial charge in [0.1, 0.15) is 10.0 Å². The molecule has 0 aliphatic heterocycles. The van der Waals surface area contributed by atoms with E-state index in [0.29, 0.717) is 16.0 Å². The Hall–Kier alpha value is -1.34. The maximum atomic E-state index is 13.7. The van der Waals surface area contributed by atoms with Crippen LogP contribution in [0, 0.1) is 5.82 Å². The maximum Gasteiger partial charge on any atom is 0.252 e. The molecule has 1 aromatic carbocycles. The van der Waals surface area contributed by atoms with Crippen LogP contribution >= 0.6 is 11.3 Å². The molecular weight excluding hydrogens is 333 g/mol. The molecule has 1 aromatic heterocycles. The van der Waals surface area contributed by atoms with Crippen LogP contribution in [0.1, 0.15) is 17.5 Å². The predicted octanol–water partition coefficient (Wildman–Crippen LogP) is 4.08. The van der Waals surface area contributed by atoms with Crippen LogP contribution in [0.4, 0.5) is 13.2 Å². The van der Waals surface area contributed by atoms with Crippen LogP contribution in [0.2, 0.25) is 0 Å². The molecule has 2 nitrogen and oxygen atoms in total. The van der Waals surface area contributed by atoms with E-state index in [1.807, 2.05) is 0 Å². The van der Waals surface area contributed by atoms with Crippen LogP contribution in [0.15, 0.2) is 28.5 Å². The van der Waals surface area contributed by atoms with E-state index in [2.05, 4.69) is 0 Å². The molecule has 0 unspecified atom stereocenters. The second-order valence-electron chi connectivity index (χ2n) is 5.49. The zero-order chi connectivity index (χ0) is 16.1. The number of thiophene rings is 1. The van der Waals surface area contributed by atoms with E-state index in [-0.39, 0.29) is 22.6 Å². The van der Waals surface area contributed by atoms with Crippen LogP contribution in [-0.4, -0.2) is 20.6 Å². The summed E-state index contributed by atoms with van der Waals surface area (Å²) >= 11 is 0.957. The summed E-state index contributed by atoms with van der Waals surface area (Å²) in [5, 5.41) is 0. The minimum atomic E-state index is -3.60. The summed E-state index contributed by atoms with van der Waals surface area (Å²) in [5.74, 6) is -3.34. The van der Waals surface area contributed by atoms with E-state index in [4.69, 9.17) is 0 Å². The zero-order valence-corrected chi connectivity index (χ0v) is 13.3. The van der Waals surface area contributed by atoms with Gasteiger partial charge in [0.25, 0.3) is 5.92 Å². The molecule has 1 heterocycles. The van der Waals surface area contributed by atoms with Gasteiger partial charge in [0, 0.05) is 24.0 Å². The minimum absolute atomic E-state index is 0.0267. The maximum absolute atomic E-state index is 13.7. The number of sulfone groups is 1. The first-order valence-corrected chi connectivity index (χ1v) is 9.36. The van der Waals surface area contributed by atoms with Crippen molar-refractivity contribution >= 4 is 21.2 Å². The van der Waals surface area contributed by atoms with Crippen molar-refractivity contribution in [2.45, 2.75) is 29.4 Å². The van der Waals surface area contributed by atoms with Gasteiger partial charge in [-0.2, -0.15) is 0 Å². The molecule has 2 aromatic rings. The van der Waals surface area contributed by atoms with E-state index in [9.17, 15) is 21.6 Å². The fourth-order valence-electron chi connectivity index (χ4n) is 2.74. The number of benzene rings is 1. The van der Waals surface area contributed by atoms with Crippen molar-refractivity contribution < 1.29 is 21.6 Å². The number of fused-ring (bicyclic) bond motifs is 1. The molecule has 0 spiro atoms. The van der Waals surface area contributed by atoms with Crippen molar-refractivity contribution in [1.29, 1.82) is 0 Å². The van der Waals surface area contributed by atoms with Gasteiger partial charge in [0.05, 0.1) is 0 Å². The third-order valence-electron chi connectivity index (χ3n) is 3.68. The van der Waals surface area contributed by atoms with Crippen molar-refractivity contribution in [1.82, 2.24) is 0 Å². The third kappa shape index (κ3) is 2.79. The van der Waals surface area contributed by atoms with E-state index in [1.165, 1.54) is 18.2 Å². The summed E-state index contributed by atoms with van der Waals surface area (Å²) in [5.41, 5.74) is 1.34. The van der Waals surface area contributed by atoms with Crippen LogP contribution in [-0.2, 0) is 22.7 Å². The molecule has 0 fully saturated rings. The Bertz CT molecular complexity index is 838. The normalized spacial score (nSPS) is 17.3. The lowest BCUT2D eigenvalue weighted by Crippen LogP contribution is -2.26. The van der Waals surface area contributed by atoms with Gasteiger partial charge in [0.15, 0.2) is 9.84 Å². The highest BCUT2D eigenvalue weighted by Gasteiger charge is 2.39. The molecule has 0 bridgehead atoms. The Balaban J connectivity index is 2.24. The summed E-state index contributed by atoms with van der Waals surface area (Å²) in [7, 11) is -3.60. The van der Waals surface area contributed by atoms with Gasteiger partial charge >= 0.3 is 0 Å². The molecule has 0 atom stereocenters. The lowest BCUT2D eigenvalue weighted by atomic mass is 9.89. The van der Waals surface area contributed by atoms with E-state index in [0.717, 1.165) is 17.6 Å². The highest BCUT2D eigenvalue weighted by molar-refractivity contribution is 7.92. The average Bonchev–Trinajstić information content (AvgIpc) is 2.75. The quantitative estimate of drug-likeness (QED) is 0.821. The Morgan fingerprint density at radius 2 is 1.95 bits per heavy atom. The molecule has 3 rings (SSSR count). The molecule has 7 heteroatoms. The van der Waals surface area contributed by atoms with E-state index in [1.54, 1.807) is 6.07 Å². The Morgan fingerprint density at radius 3 is 2.59 bits per heavy atom. The monoisotopic (exact) mass is 346 g/mol. The standard InChI is InChI=1S/C15H13F3O2S2/c1-22(19,20)14-12-8-15(17,18)6-5-11(12)13(21-14)9-3-2-4-10(16)7-9/h2-4,7H,5-6,8H2,1H3. The number of hydrogen-bond acceptors (Lipinski definition) is 3. The molecule has 1 aliphatic carbocycles. The highest BCUT2D eigenvalue weighted by atomic mass is 32.2. The molecule has 0 saturated carbocycles. The smallest absolute Gasteiger partial charge is 0.223 e. The lowest BCUT2D eigenvalue weighted by molar-refractivity contribution is -0.0125. The first kappa shape index (κ1) is 15.6. The SMILES string of the molecule is CS(=O)(=O)c1sc(-c2cccc(F)c2)c2c1CC(F)(F)CC2. The Morgan fingerprint density at radius 1 is 1.23 bits per heavy atom. The number of rotatable bonds is 2. The topological polar surface area (TPSA) is 34.1 Å². The number of hydrogen-bond donors (Lipinski definition) is 0.